The van der Waals surface area contributed by atoms with E-state index in [1.54, 1.807) is 0 Å². The summed E-state index contributed by atoms with van der Waals surface area (Å²) < 4.78 is 12.5. The second-order valence-electron chi connectivity index (χ2n) is 1.91. The average Bonchev–Trinajstić information content (AvgIpc) is 1.94. The molecule has 0 unspecified atom stereocenters. The molecule has 3 N–H and O–H groups in total. The summed E-state index contributed by atoms with van der Waals surface area (Å²) in [5, 5.41) is 8.42. The Morgan fingerprint density at radius 3 is 2.70 bits per heavy atom. The van der Waals surface area contributed by atoms with Crippen LogP contribution in [-0.4, -0.2) is 13.1 Å². The maximum absolute atomic E-state index is 12.5. The molecule has 0 amide bonds. The minimum absolute atomic E-state index is 0.111. The number of quaternary nitrogens is 1. The van der Waals surface area contributed by atoms with Gasteiger partial charge in [0.15, 0.2) is 11.5 Å². The van der Waals surface area contributed by atoms with Crippen LogP contribution in [0.1, 0.15) is 0 Å². The number of hydrogen-bond donors (Lipinski definition) is 2. The highest BCUT2D eigenvalue weighted by Crippen LogP contribution is 2.02. The van der Waals surface area contributed by atoms with Crippen LogP contribution in [0.15, 0.2) is 18.2 Å². The molecular formula is C6H6BFNO+. The van der Waals surface area contributed by atoms with E-state index in [2.05, 4.69) is 0 Å². The van der Waals surface area contributed by atoms with Crippen molar-refractivity contribution in [2.75, 3.05) is 0 Å². The molecule has 0 saturated heterocycles. The van der Waals surface area contributed by atoms with Crippen molar-refractivity contribution < 1.29 is 15.1 Å². The van der Waals surface area contributed by atoms with Gasteiger partial charge >= 0.3 is 0 Å². The van der Waals surface area contributed by atoms with Crippen molar-refractivity contribution in [1.82, 2.24) is 0 Å². The van der Waals surface area contributed by atoms with Crippen LogP contribution in [0.25, 0.3) is 0 Å². The van der Waals surface area contributed by atoms with Crippen molar-refractivity contribution in [1.29, 1.82) is 0 Å². The minimum Gasteiger partial charge on any atom is -0.215 e. The molecule has 0 aliphatic heterocycles. The van der Waals surface area contributed by atoms with Gasteiger partial charge in [0.1, 0.15) is 7.85 Å². The number of benzene rings is 1. The van der Waals surface area contributed by atoms with E-state index in [1.165, 1.54) is 18.2 Å². The second kappa shape index (κ2) is 2.81. The Morgan fingerprint density at radius 1 is 1.50 bits per heavy atom. The lowest BCUT2D eigenvalue weighted by atomic mass is 9.96. The van der Waals surface area contributed by atoms with Crippen LogP contribution in [0.3, 0.4) is 0 Å². The van der Waals surface area contributed by atoms with Gasteiger partial charge in [0, 0.05) is 0 Å². The van der Waals surface area contributed by atoms with Crippen molar-refractivity contribution in [2.45, 2.75) is 0 Å². The van der Waals surface area contributed by atoms with Crippen molar-refractivity contribution in [2.24, 2.45) is 0 Å². The van der Waals surface area contributed by atoms with Gasteiger partial charge in [0.05, 0.1) is 0 Å². The first-order valence-corrected chi connectivity index (χ1v) is 2.76. The van der Waals surface area contributed by atoms with E-state index in [-0.39, 0.29) is 5.69 Å². The van der Waals surface area contributed by atoms with E-state index in [0.717, 1.165) is 0 Å². The lowest BCUT2D eigenvalue weighted by molar-refractivity contribution is -0.826. The molecule has 1 aromatic rings. The maximum atomic E-state index is 12.5. The third kappa shape index (κ3) is 1.34. The minimum atomic E-state index is -0.475. The normalized spacial score (nSPS) is 9.80. The summed E-state index contributed by atoms with van der Waals surface area (Å²) in [6.07, 6.45) is 0. The molecule has 2 nitrogen and oxygen atoms in total. The molecule has 2 radical (unpaired) electrons. The molecule has 0 atom stereocenters. The number of rotatable bonds is 1. The fourth-order valence-electron chi connectivity index (χ4n) is 0.661. The van der Waals surface area contributed by atoms with Gasteiger partial charge in [-0.05, 0) is 12.1 Å². The van der Waals surface area contributed by atoms with Gasteiger partial charge < -0.3 is 0 Å². The lowest BCUT2D eigenvalue weighted by Crippen LogP contribution is -2.74. The van der Waals surface area contributed by atoms with Crippen LogP contribution in [-0.2, 0) is 0 Å². The van der Waals surface area contributed by atoms with Crippen LogP contribution < -0.4 is 10.9 Å². The average molecular weight is 138 g/mol. The van der Waals surface area contributed by atoms with Gasteiger partial charge in [-0.1, -0.05) is 11.5 Å². The highest BCUT2D eigenvalue weighted by Gasteiger charge is 2.02. The van der Waals surface area contributed by atoms with Crippen molar-refractivity contribution in [3.63, 3.8) is 0 Å². The summed E-state index contributed by atoms with van der Waals surface area (Å²) >= 11 is 0. The Labute approximate surface area is 59.0 Å². The molecule has 0 aromatic heterocycles. The Hall–Kier alpha value is -0.865. The SMILES string of the molecule is [B]c1ccc(F)c([NH2+]O)c1. The fourth-order valence-corrected chi connectivity index (χ4v) is 0.661. The number of halogens is 1. The fraction of sp³-hybridized carbons (Fsp3) is 0. The smallest absolute Gasteiger partial charge is 0.197 e. The second-order valence-corrected chi connectivity index (χ2v) is 1.91. The first-order valence-electron chi connectivity index (χ1n) is 2.76. The quantitative estimate of drug-likeness (QED) is 0.297. The summed E-state index contributed by atoms with van der Waals surface area (Å²) in [5.41, 5.74) is 1.23. The van der Waals surface area contributed by atoms with E-state index in [1.807, 2.05) is 0 Å². The molecule has 0 fully saturated rings. The van der Waals surface area contributed by atoms with Crippen LogP contribution >= 0.6 is 0 Å². The Kier molecular flexibility index (Phi) is 2.04. The predicted octanol–water partition coefficient (Wildman–Crippen LogP) is -0.796. The highest BCUT2D eigenvalue weighted by molar-refractivity contribution is 6.32. The van der Waals surface area contributed by atoms with Crippen molar-refractivity contribution in [3.8, 4) is 0 Å². The first-order chi connectivity index (χ1) is 4.74. The zero-order chi connectivity index (χ0) is 7.56. The van der Waals surface area contributed by atoms with E-state index < -0.39 is 5.82 Å². The molecule has 0 heterocycles. The van der Waals surface area contributed by atoms with Crippen LogP contribution in [0.2, 0.25) is 0 Å². The van der Waals surface area contributed by atoms with E-state index >= 15 is 0 Å². The molecule has 0 spiro atoms. The number of hydrogen-bond acceptors (Lipinski definition) is 1. The zero-order valence-corrected chi connectivity index (χ0v) is 5.21. The van der Waals surface area contributed by atoms with Gasteiger partial charge in [-0.25, -0.2) is 9.60 Å². The molecule has 10 heavy (non-hydrogen) atoms. The molecule has 0 aliphatic rings. The molecule has 0 saturated carbocycles. The van der Waals surface area contributed by atoms with Crippen molar-refractivity contribution >= 4 is 19.0 Å². The monoisotopic (exact) mass is 138 g/mol. The number of nitrogens with two attached hydrogens (primary N) is 1. The molecule has 0 aliphatic carbocycles. The molecule has 1 aromatic carbocycles. The maximum Gasteiger partial charge on any atom is 0.197 e. The Balaban J connectivity index is 3.09. The van der Waals surface area contributed by atoms with Gasteiger partial charge in [-0.2, -0.15) is 5.48 Å². The predicted molar refractivity (Wildman–Crippen MR) is 35.2 cm³/mol. The Morgan fingerprint density at radius 2 is 2.20 bits per heavy atom. The van der Waals surface area contributed by atoms with Gasteiger partial charge in [-0.3, -0.25) is 0 Å². The molecule has 1 rings (SSSR count). The van der Waals surface area contributed by atoms with Crippen molar-refractivity contribution in [3.05, 3.63) is 24.0 Å². The largest absolute Gasteiger partial charge is 0.215 e. The zero-order valence-electron chi connectivity index (χ0n) is 5.21. The summed E-state index contributed by atoms with van der Waals surface area (Å²) in [4.78, 5) is 0. The first kappa shape index (κ1) is 7.24. The summed E-state index contributed by atoms with van der Waals surface area (Å²) in [6, 6.07) is 4.00. The van der Waals surface area contributed by atoms with Crippen LogP contribution in [0.5, 0.6) is 0 Å². The van der Waals surface area contributed by atoms with E-state index in [0.29, 0.717) is 10.9 Å². The van der Waals surface area contributed by atoms with E-state index in [4.69, 9.17) is 13.1 Å². The summed E-state index contributed by atoms with van der Waals surface area (Å²) in [7, 11) is 5.31. The third-order valence-electron chi connectivity index (χ3n) is 1.16. The third-order valence-corrected chi connectivity index (χ3v) is 1.16. The van der Waals surface area contributed by atoms with Gasteiger partial charge in [0.2, 0.25) is 0 Å². The molecular weight excluding hydrogens is 132 g/mol. The topological polar surface area (TPSA) is 36.8 Å². The Bertz CT molecular complexity index is 241. The highest BCUT2D eigenvalue weighted by atomic mass is 19.1. The van der Waals surface area contributed by atoms with Gasteiger partial charge in [-0.15, -0.1) is 0 Å². The summed E-state index contributed by atoms with van der Waals surface area (Å²) in [5.74, 6) is -0.475. The van der Waals surface area contributed by atoms with Crippen LogP contribution in [0, 0.1) is 5.82 Å². The lowest BCUT2D eigenvalue weighted by Gasteiger charge is -1.95. The standard InChI is InChI=1S/C6H5BFNO/c7-4-1-2-5(8)6(3-4)9-10/h1-3,9-10H/p+1. The van der Waals surface area contributed by atoms with Gasteiger partial charge in [0.25, 0.3) is 0 Å². The molecule has 4 heteroatoms. The molecule has 0 bridgehead atoms. The van der Waals surface area contributed by atoms with Crippen LogP contribution in [0.4, 0.5) is 10.1 Å². The molecule has 50 valence electrons. The van der Waals surface area contributed by atoms with E-state index in [9.17, 15) is 4.39 Å². The summed E-state index contributed by atoms with van der Waals surface area (Å²) in [6.45, 7) is 0.